The Morgan fingerprint density at radius 2 is 1.78 bits per heavy atom. The molecule has 0 aromatic heterocycles. The van der Waals surface area contributed by atoms with Gasteiger partial charge in [-0.15, -0.1) is 0 Å². The van der Waals surface area contributed by atoms with E-state index in [2.05, 4.69) is 25.7 Å². The minimum absolute atomic E-state index is 0.253. The van der Waals surface area contributed by atoms with E-state index in [1.54, 1.807) is 0 Å². The Morgan fingerprint density at radius 1 is 1.28 bits per heavy atom. The van der Waals surface area contributed by atoms with Gasteiger partial charge in [-0.2, -0.15) is 0 Å². The smallest absolute Gasteiger partial charge is 0.226 e. The van der Waals surface area contributed by atoms with Crippen LogP contribution in [0.5, 0.6) is 0 Å². The molecule has 1 saturated carbocycles. The highest BCUT2D eigenvalue weighted by atomic mass is 32.1. The molecule has 2 unspecified atom stereocenters. The molecule has 2 aliphatic rings. The lowest BCUT2D eigenvalue weighted by Crippen LogP contribution is -2.60. The van der Waals surface area contributed by atoms with E-state index in [9.17, 15) is 4.79 Å². The lowest BCUT2D eigenvalue weighted by Gasteiger charge is -2.43. The van der Waals surface area contributed by atoms with Gasteiger partial charge in [0.2, 0.25) is 5.91 Å². The molecule has 2 fully saturated rings. The second kappa shape index (κ2) is 4.78. The summed E-state index contributed by atoms with van der Waals surface area (Å²) in [6, 6.07) is 0. The second-order valence-electron chi connectivity index (χ2n) is 6.06. The van der Waals surface area contributed by atoms with Crippen molar-refractivity contribution in [1.29, 1.82) is 0 Å². The number of nitrogens with zero attached hydrogens (tertiary/aromatic N) is 2. The standard InChI is InChI=1S/C13H23N3OS/c1-9-8-10(9)11(17)15-4-6-16(7-5-15)13(2,3)12(14)18/h9-10H,4-8H2,1-3H3,(H2,14,18). The van der Waals surface area contributed by atoms with E-state index in [-0.39, 0.29) is 5.54 Å². The number of nitrogens with two attached hydrogens (primary N) is 1. The van der Waals surface area contributed by atoms with E-state index in [0.29, 0.717) is 22.7 Å². The fourth-order valence-electron chi connectivity index (χ4n) is 2.54. The van der Waals surface area contributed by atoms with Gasteiger partial charge in [0.25, 0.3) is 0 Å². The van der Waals surface area contributed by atoms with Crippen LogP contribution in [0, 0.1) is 11.8 Å². The van der Waals surface area contributed by atoms with Gasteiger partial charge in [0, 0.05) is 32.1 Å². The Hall–Kier alpha value is -0.680. The van der Waals surface area contributed by atoms with Crippen LogP contribution >= 0.6 is 12.2 Å². The number of hydrogen-bond acceptors (Lipinski definition) is 3. The molecule has 2 N–H and O–H groups in total. The molecule has 0 radical (unpaired) electrons. The van der Waals surface area contributed by atoms with E-state index in [4.69, 9.17) is 18.0 Å². The first-order chi connectivity index (χ1) is 8.34. The van der Waals surface area contributed by atoms with Crippen LogP contribution in [0.25, 0.3) is 0 Å². The minimum atomic E-state index is -0.253. The number of rotatable bonds is 3. The second-order valence-corrected chi connectivity index (χ2v) is 6.49. The van der Waals surface area contributed by atoms with Crippen molar-refractivity contribution < 1.29 is 4.79 Å². The zero-order valence-corrected chi connectivity index (χ0v) is 12.3. The van der Waals surface area contributed by atoms with E-state index in [1.807, 2.05) is 4.90 Å². The number of carbonyl (C=O) groups is 1. The third-order valence-corrected chi connectivity index (χ3v) is 4.91. The molecule has 0 aromatic rings. The fourth-order valence-corrected chi connectivity index (χ4v) is 2.67. The summed E-state index contributed by atoms with van der Waals surface area (Å²) in [5.74, 6) is 1.22. The van der Waals surface area contributed by atoms with Crippen LogP contribution in [0.4, 0.5) is 0 Å². The lowest BCUT2D eigenvalue weighted by molar-refractivity contribution is -0.135. The first kappa shape index (κ1) is 13.7. The monoisotopic (exact) mass is 269 g/mol. The third kappa shape index (κ3) is 2.52. The van der Waals surface area contributed by atoms with E-state index in [1.165, 1.54) is 0 Å². The topological polar surface area (TPSA) is 49.6 Å². The van der Waals surface area contributed by atoms with Gasteiger partial charge in [-0.3, -0.25) is 9.69 Å². The number of amides is 1. The van der Waals surface area contributed by atoms with E-state index < -0.39 is 0 Å². The maximum atomic E-state index is 12.1. The number of piperazine rings is 1. The van der Waals surface area contributed by atoms with Crippen LogP contribution in [-0.2, 0) is 4.79 Å². The summed E-state index contributed by atoms with van der Waals surface area (Å²) in [5, 5.41) is 0. The van der Waals surface area contributed by atoms with Gasteiger partial charge in [0.15, 0.2) is 0 Å². The van der Waals surface area contributed by atoms with Gasteiger partial charge < -0.3 is 10.6 Å². The summed E-state index contributed by atoms with van der Waals surface area (Å²) in [5.41, 5.74) is 5.53. The first-order valence-corrected chi connectivity index (χ1v) is 7.08. The Balaban J connectivity index is 1.88. The summed E-state index contributed by atoms with van der Waals surface area (Å²) in [6.45, 7) is 9.57. The van der Waals surface area contributed by atoms with Crippen molar-refractivity contribution in [1.82, 2.24) is 9.80 Å². The molecular weight excluding hydrogens is 246 g/mol. The van der Waals surface area contributed by atoms with Crippen LogP contribution in [0.2, 0.25) is 0 Å². The molecule has 1 heterocycles. The van der Waals surface area contributed by atoms with Gasteiger partial charge in [0.1, 0.15) is 0 Å². The van der Waals surface area contributed by atoms with Crippen molar-refractivity contribution in [3.63, 3.8) is 0 Å². The molecule has 1 aliphatic heterocycles. The molecule has 1 saturated heterocycles. The minimum Gasteiger partial charge on any atom is -0.392 e. The van der Waals surface area contributed by atoms with Crippen LogP contribution in [0.1, 0.15) is 27.2 Å². The van der Waals surface area contributed by atoms with E-state index >= 15 is 0 Å². The highest BCUT2D eigenvalue weighted by Crippen LogP contribution is 2.39. The zero-order chi connectivity index (χ0) is 13.5. The molecule has 2 atom stereocenters. The summed E-state index contributed by atoms with van der Waals surface area (Å²) < 4.78 is 0. The van der Waals surface area contributed by atoms with Gasteiger partial charge in [-0.1, -0.05) is 19.1 Å². The molecule has 1 amide bonds. The molecule has 102 valence electrons. The Morgan fingerprint density at radius 3 is 2.17 bits per heavy atom. The number of carbonyl (C=O) groups excluding carboxylic acids is 1. The third-order valence-electron chi connectivity index (χ3n) is 4.41. The quantitative estimate of drug-likeness (QED) is 0.772. The zero-order valence-electron chi connectivity index (χ0n) is 11.5. The molecule has 1 aliphatic carbocycles. The van der Waals surface area contributed by atoms with Gasteiger partial charge in [0.05, 0.1) is 10.5 Å². The maximum Gasteiger partial charge on any atom is 0.226 e. The Labute approximate surface area is 114 Å². The highest BCUT2D eigenvalue weighted by molar-refractivity contribution is 7.80. The molecule has 0 bridgehead atoms. The Kier molecular flexibility index (Phi) is 3.65. The van der Waals surface area contributed by atoms with Gasteiger partial charge >= 0.3 is 0 Å². The number of hydrogen-bond donors (Lipinski definition) is 1. The van der Waals surface area contributed by atoms with Gasteiger partial charge in [-0.25, -0.2) is 0 Å². The van der Waals surface area contributed by atoms with Gasteiger partial charge in [-0.05, 0) is 26.2 Å². The average molecular weight is 269 g/mol. The normalized spacial score (nSPS) is 29.2. The first-order valence-electron chi connectivity index (χ1n) is 6.67. The molecule has 0 aromatic carbocycles. The number of thiocarbonyl (C=S) groups is 1. The summed E-state index contributed by atoms with van der Waals surface area (Å²) >= 11 is 5.12. The van der Waals surface area contributed by atoms with Crippen LogP contribution in [-0.4, -0.2) is 52.4 Å². The van der Waals surface area contributed by atoms with Crippen molar-refractivity contribution in [3.8, 4) is 0 Å². The van der Waals surface area contributed by atoms with Crippen molar-refractivity contribution in [2.45, 2.75) is 32.7 Å². The molecular formula is C13H23N3OS. The highest BCUT2D eigenvalue weighted by Gasteiger charge is 2.42. The van der Waals surface area contributed by atoms with Crippen LogP contribution < -0.4 is 5.73 Å². The van der Waals surface area contributed by atoms with Crippen LogP contribution in [0.15, 0.2) is 0 Å². The molecule has 2 rings (SSSR count). The van der Waals surface area contributed by atoms with Crippen molar-refractivity contribution in [2.24, 2.45) is 17.6 Å². The Bertz CT molecular complexity index is 361. The average Bonchev–Trinajstić information content (AvgIpc) is 3.05. The van der Waals surface area contributed by atoms with E-state index in [0.717, 1.165) is 32.6 Å². The fraction of sp³-hybridized carbons (Fsp3) is 0.846. The maximum absolute atomic E-state index is 12.1. The predicted octanol–water partition coefficient (Wildman–Crippen LogP) is 0.851. The summed E-state index contributed by atoms with van der Waals surface area (Å²) in [6.07, 6.45) is 1.07. The molecule has 5 heteroatoms. The molecule has 18 heavy (non-hydrogen) atoms. The predicted molar refractivity (Wildman–Crippen MR) is 76.3 cm³/mol. The SMILES string of the molecule is CC1CC1C(=O)N1CCN(C(C)(C)C(N)=S)CC1. The van der Waals surface area contributed by atoms with Crippen molar-refractivity contribution in [3.05, 3.63) is 0 Å². The van der Waals surface area contributed by atoms with Crippen LogP contribution in [0.3, 0.4) is 0 Å². The van der Waals surface area contributed by atoms with Crippen molar-refractivity contribution >= 4 is 23.1 Å². The summed E-state index contributed by atoms with van der Waals surface area (Å²) in [7, 11) is 0. The lowest BCUT2D eigenvalue weighted by atomic mass is 10.0. The summed E-state index contributed by atoms with van der Waals surface area (Å²) in [4.78, 5) is 16.9. The molecule has 4 nitrogen and oxygen atoms in total. The molecule has 0 spiro atoms. The largest absolute Gasteiger partial charge is 0.392 e. The van der Waals surface area contributed by atoms with Crippen molar-refractivity contribution in [2.75, 3.05) is 26.2 Å².